The lowest BCUT2D eigenvalue weighted by atomic mass is 10.0. The fourth-order valence-electron chi connectivity index (χ4n) is 2.75. The topological polar surface area (TPSA) is 107 Å². The number of carboxylic acids is 1. The van der Waals surface area contributed by atoms with Gasteiger partial charge in [0.05, 0.1) is 0 Å². The first-order valence-corrected chi connectivity index (χ1v) is 8.31. The van der Waals surface area contributed by atoms with E-state index in [1.807, 2.05) is 6.92 Å². The first kappa shape index (κ1) is 16.5. The quantitative estimate of drug-likeness (QED) is 0.683. The third-order valence-electron chi connectivity index (χ3n) is 3.93. The zero-order chi connectivity index (χ0) is 17.4. The van der Waals surface area contributed by atoms with Gasteiger partial charge in [-0.15, -0.1) is 11.8 Å². The molecule has 3 N–H and O–H groups in total. The number of amides is 2. The molecule has 3 rings (SSSR count). The minimum atomic E-state index is -1.38. The highest BCUT2D eigenvalue weighted by Crippen LogP contribution is 2.40. The minimum absolute atomic E-state index is 0.0645. The molecule has 1 aromatic carbocycles. The predicted molar refractivity (Wildman–Crippen MR) is 86.7 cm³/mol. The number of hydrogen-bond acceptors (Lipinski definition) is 5. The van der Waals surface area contributed by atoms with E-state index in [1.165, 1.54) is 22.7 Å². The summed E-state index contributed by atoms with van der Waals surface area (Å²) in [7, 11) is 0. The number of aliphatic hydroxyl groups is 1. The number of aliphatic hydroxyl groups excluding tert-OH is 1. The average Bonchev–Trinajstić information content (AvgIpc) is 2.58. The van der Waals surface area contributed by atoms with Crippen LogP contribution < -0.4 is 5.32 Å². The van der Waals surface area contributed by atoms with E-state index in [1.54, 1.807) is 30.3 Å². The molecule has 2 aliphatic heterocycles. The van der Waals surface area contributed by atoms with Crippen molar-refractivity contribution in [3.8, 4) is 0 Å². The van der Waals surface area contributed by atoms with E-state index in [0.29, 0.717) is 5.56 Å². The van der Waals surface area contributed by atoms with Crippen molar-refractivity contribution in [1.82, 2.24) is 10.2 Å². The van der Waals surface area contributed by atoms with Crippen LogP contribution in [0, 0.1) is 0 Å². The van der Waals surface area contributed by atoms with E-state index in [2.05, 4.69) is 5.32 Å². The molecule has 4 atom stereocenters. The first-order chi connectivity index (χ1) is 11.4. The molecule has 1 aromatic rings. The van der Waals surface area contributed by atoms with Crippen molar-refractivity contribution in [2.75, 3.05) is 0 Å². The van der Waals surface area contributed by atoms with Crippen LogP contribution in [-0.4, -0.2) is 49.6 Å². The van der Waals surface area contributed by atoms with Gasteiger partial charge in [-0.05, 0) is 18.6 Å². The van der Waals surface area contributed by atoms with E-state index < -0.39 is 35.3 Å². The molecule has 0 bridgehead atoms. The molecule has 0 saturated carbocycles. The number of carboxylic acid groups (broad SMARTS) is 1. The van der Waals surface area contributed by atoms with Crippen LogP contribution in [0.15, 0.2) is 42.1 Å². The SMILES string of the molecule is CC1C=C(C(=O)O)N2C(=O)C(NC(=O)[C@H](O)c3ccccc3)[C@H]2S1. The molecule has 8 heteroatoms. The summed E-state index contributed by atoms with van der Waals surface area (Å²) in [6.07, 6.45) is 0.131. The van der Waals surface area contributed by atoms with Crippen molar-refractivity contribution < 1.29 is 24.6 Å². The van der Waals surface area contributed by atoms with Crippen LogP contribution in [0.3, 0.4) is 0 Å². The van der Waals surface area contributed by atoms with E-state index in [4.69, 9.17) is 0 Å². The number of carbonyl (C=O) groups excluding carboxylic acids is 2. The number of carbonyl (C=O) groups is 3. The van der Waals surface area contributed by atoms with Gasteiger partial charge in [-0.1, -0.05) is 30.3 Å². The van der Waals surface area contributed by atoms with Gasteiger partial charge in [0.25, 0.3) is 11.8 Å². The summed E-state index contributed by atoms with van der Waals surface area (Å²) in [5.74, 6) is -2.34. The largest absolute Gasteiger partial charge is 0.477 e. The van der Waals surface area contributed by atoms with Gasteiger partial charge in [-0.25, -0.2) is 4.79 Å². The number of aliphatic carboxylic acids is 1. The molecular weight excluding hydrogens is 332 g/mol. The third-order valence-corrected chi connectivity index (χ3v) is 5.26. The first-order valence-electron chi connectivity index (χ1n) is 7.37. The standard InChI is InChI=1S/C16H16N2O5S/c1-8-7-10(16(22)23)18-14(21)11(15(18)24-8)17-13(20)12(19)9-5-3-2-4-6-9/h2-8,11-12,15,19H,1H3,(H,17,20)(H,22,23)/t8?,11?,12-,15-/m1/s1. The second kappa shape index (κ2) is 6.29. The average molecular weight is 348 g/mol. The molecule has 1 saturated heterocycles. The summed E-state index contributed by atoms with van der Waals surface area (Å²) < 4.78 is 0. The Hall–Kier alpha value is -2.32. The molecule has 7 nitrogen and oxygen atoms in total. The Balaban J connectivity index is 1.72. The Kier molecular flexibility index (Phi) is 4.33. The molecule has 0 aromatic heterocycles. The number of thioether (sulfide) groups is 1. The predicted octanol–water partition coefficient (Wildman–Crippen LogP) is 0.477. The zero-order valence-corrected chi connectivity index (χ0v) is 13.6. The number of benzene rings is 1. The van der Waals surface area contributed by atoms with Crippen molar-refractivity contribution in [3.63, 3.8) is 0 Å². The van der Waals surface area contributed by atoms with Gasteiger partial charge in [-0.2, -0.15) is 0 Å². The lowest BCUT2D eigenvalue weighted by molar-refractivity contribution is -0.151. The molecule has 0 aliphatic carbocycles. The maximum absolute atomic E-state index is 12.2. The lowest BCUT2D eigenvalue weighted by Gasteiger charge is -2.49. The number of hydrogen-bond donors (Lipinski definition) is 3. The normalized spacial score (nSPS) is 26.8. The molecular formula is C16H16N2O5S. The van der Waals surface area contributed by atoms with E-state index >= 15 is 0 Å². The number of fused-ring (bicyclic) bond motifs is 1. The second-order valence-corrected chi connectivity index (χ2v) is 7.10. The van der Waals surface area contributed by atoms with Crippen LogP contribution in [0.1, 0.15) is 18.6 Å². The minimum Gasteiger partial charge on any atom is -0.477 e. The molecule has 2 amide bonds. The van der Waals surface area contributed by atoms with Crippen LogP contribution in [0.2, 0.25) is 0 Å². The summed E-state index contributed by atoms with van der Waals surface area (Å²) in [4.78, 5) is 36.8. The Morgan fingerprint density at radius 2 is 1.96 bits per heavy atom. The fourth-order valence-corrected chi connectivity index (χ4v) is 4.08. The highest BCUT2D eigenvalue weighted by molar-refractivity contribution is 8.00. The van der Waals surface area contributed by atoms with Crippen molar-refractivity contribution in [3.05, 3.63) is 47.7 Å². The maximum Gasteiger partial charge on any atom is 0.352 e. The van der Waals surface area contributed by atoms with Crippen LogP contribution in [-0.2, 0) is 14.4 Å². The Morgan fingerprint density at radius 3 is 2.58 bits per heavy atom. The van der Waals surface area contributed by atoms with Gasteiger partial charge < -0.3 is 15.5 Å². The zero-order valence-electron chi connectivity index (χ0n) is 12.7. The van der Waals surface area contributed by atoms with Crippen LogP contribution in [0.4, 0.5) is 0 Å². The van der Waals surface area contributed by atoms with Crippen LogP contribution >= 0.6 is 11.8 Å². The fraction of sp³-hybridized carbons (Fsp3) is 0.312. The number of nitrogens with one attached hydrogen (secondary N) is 1. The highest BCUT2D eigenvalue weighted by atomic mass is 32.2. The van der Waals surface area contributed by atoms with Crippen molar-refractivity contribution >= 4 is 29.5 Å². The van der Waals surface area contributed by atoms with E-state index in [9.17, 15) is 24.6 Å². The molecule has 0 radical (unpaired) electrons. The van der Waals surface area contributed by atoms with E-state index in [0.717, 1.165) is 0 Å². The molecule has 24 heavy (non-hydrogen) atoms. The van der Waals surface area contributed by atoms with Gasteiger partial charge in [0.1, 0.15) is 17.1 Å². The molecule has 2 aliphatic rings. The number of rotatable bonds is 4. The highest BCUT2D eigenvalue weighted by Gasteiger charge is 2.54. The monoisotopic (exact) mass is 348 g/mol. The Morgan fingerprint density at radius 1 is 1.29 bits per heavy atom. The van der Waals surface area contributed by atoms with Gasteiger partial charge in [-0.3, -0.25) is 14.5 Å². The summed E-state index contributed by atoms with van der Waals surface area (Å²) in [5.41, 5.74) is 0.361. The van der Waals surface area contributed by atoms with Gasteiger partial charge in [0, 0.05) is 5.25 Å². The Bertz CT molecular complexity index is 720. The summed E-state index contributed by atoms with van der Waals surface area (Å²) in [6, 6.07) is 7.55. The third kappa shape index (κ3) is 2.78. The molecule has 1 fully saturated rings. The molecule has 2 heterocycles. The maximum atomic E-state index is 12.2. The van der Waals surface area contributed by atoms with Gasteiger partial charge >= 0.3 is 5.97 Å². The van der Waals surface area contributed by atoms with Crippen LogP contribution in [0.25, 0.3) is 0 Å². The molecule has 126 valence electrons. The van der Waals surface area contributed by atoms with E-state index in [-0.39, 0.29) is 10.9 Å². The number of nitrogens with zero attached hydrogens (tertiary/aromatic N) is 1. The lowest BCUT2D eigenvalue weighted by Crippen LogP contribution is -2.70. The summed E-state index contributed by atoms with van der Waals surface area (Å²) in [5, 5.41) is 21.2. The summed E-state index contributed by atoms with van der Waals surface area (Å²) >= 11 is 1.39. The smallest absolute Gasteiger partial charge is 0.352 e. The molecule has 0 spiro atoms. The van der Waals surface area contributed by atoms with Crippen molar-refractivity contribution in [2.45, 2.75) is 29.7 Å². The van der Waals surface area contributed by atoms with Crippen LogP contribution in [0.5, 0.6) is 0 Å². The van der Waals surface area contributed by atoms with Gasteiger partial charge in [0.15, 0.2) is 6.10 Å². The Labute approximate surface area is 142 Å². The van der Waals surface area contributed by atoms with Crippen molar-refractivity contribution in [1.29, 1.82) is 0 Å². The second-order valence-electron chi connectivity index (χ2n) is 5.60. The number of β-lactam (4-membered cyclic amide) rings is 1. The summed E-state index contributed by atoms with van der Waals surface area (Å²) in [6.45, 7) is 1.82. The van der Waals surface area contributed by atoms with Crippen molar-refractivity contribution in [2.24, 2.45) is 0 Å². The molecule has 2 unspecified atom stereocenters. The van der Waals surface area contributed by atoms with Gasteiger partial charge in [0.2, 0.25) is 0 Å².